The lowest BCUT2D eigenvalue weighted by Gasteiger charge is -2.34. The van der Waals surface area contributed by atoms with Gasteiger partial charge in [0.05, 0.1) is 12.2 Å². The van der Waals surface area contributed by atoms with Gasteiger partial charge in [-0.05, 0) is 24.1 Å². The summed E-state index contributed by atoms with van der Waals surface area (Å²) in [6.45, 7) is 0.566. The largest absolute Gasteiger partial charge is 0.477 e. The van der Waals surface area contributed by atoms with Gasteiger partial charge in [0.15, 0.2) is 6.10 Å². The number of nitrogens with zero attached hydrogens (tertiary/aromatic N) is 2. The van der Waals surface area contributed by atoms with Crippen molar-refractivity contribution in [2.75, 3.05) is 24.5 Å². The zero-order valence-corrected chi connectivity index (χ0v) is 17.7. The van der Waals surface area contributed by atoms with E-state index in [1.807, 2.05) is 30.3 Å². The summed E-state index contributed by atoms with van der Waals surface area (Å²) >= 11 is 0. The van der Waals surface area contributed by atoms with Crippen LogP contribution in [-0.2, 0) is 25.6 Å². The topological polar surface area (TPSA) is 96.0 Å². The quantitative estimate of drug-likeness (QED) is 0.668. The van der Waals surface area contributed by atoms with E-state index in [9.17, 15) is 19.2 Å². The molecule has 166 valence electrons. The molecule has 0 bridgehead atoms. The molecule has 0 aromatic heterocycles. The molecule has 1 atom stereocenters. The van der Waals surface area contributed by atoms with Crippen molar-refractivity contribution in [1.82, 2.24) is 10.2 Å². The van der Waals surface area contributed by atoms with Crippen LogP contribution in [0.4, 0.5) is 5.69 Å². The highest BCUT2D eigenvalue weighted by molar-refractivity contribution is 6.03. The number of likely N-dealkylation sites (tertiary alicyclic amines) is 1. The van der Waals surface area contributed by atoms with E-state index in [0.29, 0.717) is 24.4 Å². The Morgan fingerprint density at radius 3 is 2.41 bits per heavy atom. The number of benzene rings is 2. The summed E-state index contributed by atoms with van der Waals surface area (Å²) in [7, 11) is 0. The smallest absolute Gasteiger partial charge is 0.262 e. The Balaban J connectivity index is 1.39. The Hall–Kier alpha value is -3.68. The minimum atomic E-state index is -0.848. The first-order chi connectivity index (χ1) is 15.5. The molecule has 0 radical (unpaired) electrons. The van der Waals surface area contributed by atoms with Crippen molar-refractivity contribution in [3.63, 3.8) is 0 Å². The lowest BCUT2D eigenvalue weighted by atomic mass is 10.1. The summed E-state index contributed by atoms with van der Waals surface area (Å²) in [4.78, 5) is 52.0. The Kier molecular flexibility index (Phi) is 6.49. The minimum absolute atomic E-state index is 0.00579. The molecule has 2 aromatic carbocycles. The zero-order valence-electron chi connectivity index (χ0n) is 17.7. The highest BCUT2D eigenvalue weighted by Crippen LogP contribution is 2.33. The first kappa shape index (κ1) is 21.5. The second-order valence-corrected chi connectivity index (χ2v) is 7.79. The second kappa shape index (κ2) is 9.64. The number of anilines is 1. The van der Waals surface area contributed by atoms with E-state index < -0.39 is 6.10 Å². The summed E-state index contributed by atoms with van der Waals surface area (Å²) in [5, 5.41) is 2.88. The van der Waals surface area contributed by atoms with Gasteiger partial charge < -0.3 is 15.0 Å². The number of fused-ring (bicyclic) bond motifs is 1. The maximum Gasteiger partial charge on any atom is 0.262 e. The molecule has 0 spiro atoms. The number of carbonyl (C=O) groups excluding carboxylic acids is 4. The monoisotopic (exact) mass is 435 g/mol. The maximum absolute atomic E-state index is 13.0. The van der Waals surface area contributed by atoms with Gasteiger partial charge >= 0.3 is 0 Å². The molecule has 1 fully saturated rings. The summed E-state index contributed by atoms with van der Waals surface area (Å²) < 4.78 is 5.86. The number of nitrogens with one attached hydrogen (secondary N) is 1. The first-order valence-corrected chi connectivity index (χ1v) is 10.7. The fourth-order valence-electron chi connectivity index (χ4n) is 3.91. The van der Waals surface area contributed by atoms with Crippen LogP contribution in [0.5, 0.6) is 5.75 Å². The number of hydrogen-bond donors (Lipinski definition) is 1. The molecule has 8 heteroatoms. The molecule has 0 unspecified atom stereocenters. The summed E-state index contributed by atoms with van der Waals surface area (Å²) in [5.74, 6) is -0.612. The van der Waals surface area contributed by atoms with Crippen molar-refractivity contribution in [2.24, 2.45) is 0 Å². The van der Waals surface area contributed by atoms with Crippen molar-refractivity contribution < 1.29 is 23.9 Å². The lowest BCUT2D eigenvalue weighted by molar-refractivity contribution is -0.138. The molecular weight excluding hydrogens is 410 g/mol. The molecule has 8 nitrogen and oxygen atoms in total. The number of imide groups is 1. The SMILES string of the molecule is O=C(NCCc1ccccc1)[C@@H]1CN(C(=O)CCN2C(=O)CCC2=O)c2ccccc2O1. The fourth-order valence-corrected chi connectivity index (χ4v) is 3.91. The van der Waals surface area contributed by atoms with Crippen molar-refractivity contribution in [2.45, 2.75) is 31.8 Å². The molecule has 1 N–H and O–H groups in total. The van der Waals surface area contributed by atoms with Crippen molar-refractivity contribution >= 4 is 29.3 Å². The number of hydrogen-bond acceptors (Lipinski definition) is 5. The Morgan fingerprint density at radius 2 is 1.66 bits per heavy atom. The standard InChI is InChI=1S/C24H25N3O5/c28-21-10-11-22(29)26(21)15-13-23(30)27-16-20(32-19-9-5-4-8-18(19)27)24(31)25-14-12-17-6-2-1-3-7-17/h1-9,20H,10-16H2,(H,25,31)/t20-/m0/s1. The first-order valence-electron chi connectivity index (χ1n) is 10.7. The number of rotatable bonds is 7. The van der Waals surface area contributed by atoms with E-state index in [-0.39, 0.29) is 56.0 Å². The Morgan fingerprint density at radius 1 is 0.969 bits per heavy atom. The van der Waals surface area contributed by atoms with Gasteiger partial charge in [0.25, 0.3) is 5.91 Å². The van der Waals surface area contributed by atoms with E-state index >= 15 is 0 Å². The van der Waals surface area contributed by atoms with Gasteiger partial charge in [-0.25, -0.2) is 0 Å². The van der Waals surface area contributed by atoms with Gasteiger partial charge in [-0.2, -0.15) is 0 Å². The minimum Gasteiger partial charge on any atom is -0.477 e. The Labute approximate surface area is 186 Å². The van der Waals surface area contributed by atoms with Crippen molar-refractivity contribution in [1.29, 1.82) is 0 Å². The van der Waals surface area contributed by atoms with Crippen LogP contribution in [0.3, 0.4) is 0 Å². The molecule has 2 aromatic rings. The molecule has 4 rings (SSSR count). The molecule has 2 heterocycles. The van der Waals surface area contributed by atoms with Crippen LogP contribution in [0.25, 0.3) is 0 Å². The third-order valence-electron chi connectivity index (χ3n) is 5.63. The number of ether oxygens (including phenoxy) is 1. The van der Waals surface area contributed by atoms with Crippen LogP contribution in [0, 0.1) is 0 Å². The van der Waals surface area contributed by atoms with Crippen LogP contribution in [-0.4, -0.2) is 54.3 Å². The molecule has 4 amide bonds. The molecule has 1 saturated heterocycles. The molecular formula is C24H25N3O5. The predicted octanol–water partition coefficient (Wildman–Crippen LogP) is 1.68. The molecule has 0 aliphatic carbocycles. The van der Waals surface area contributed by atoms with E-state index in [4.69, 9.17) is 4.74 Å². The molecule has 2 aliphatic rings. The lowest BCUT2D eigenvalue weighted by Crippen LogP contribution is -2.51. The maximum atomic E-state index is 13.0. The summed E-state index contributed by atoms with van der Waals surface area (Å²) in [6, 6.07) is 16.9. The number of para-hydroxylation sites is 2. The van der Waals surface area contributed by atoms with Gasteiger partial charge in [-0.3, -0.25) is 24.1 Å². The van der Waals surface area contributed by atoms with Gasteiger partial charge in [-0.15, -0.1) is 0 Å². The van der Waals surface area contributed by atoms with Gasteiger partial charge in [-0.1, -0.05) is 42.5 Å². The van der Waals surface area contributed by atoms with E-state index in [1.54, 1.807) is 24.3 Å². The highest BCUT2D eigenvalue weighted by Gasteiger charge is 2.35. The van der Waals surface area contributed by atoms with Crippen LogP contribution in [0.15, 0.2) is 54.6 Å². The van der Waals surface area contributed by atoms with Gasteiger partial charge in [0, 0.05) is 32.4 Å². The van der Waals surface area contributed by atoms with E-state index in [0.717, 1.165) is 10.5 Å². The average molecular weight is 435 g/mol. The van der Waals surface area contributed by atoms with Crippen LogP contribution >= 0.6 is 0 Å². The summed E-state index contributed by atoms with van der Waals surface area (Å²) in [6.07, 6.45) is 0.224. The van der Waals surface area contributed by atoms with E-state index in [2.05, 4.69) is 5.32 Å². The Bertz CT molecular complexity index is 1010. The molecule has 0 saturated carbocycles. The molecule has 2 aliphatic heterocycles. The van der Waals surface area contributed by atoms with Crippen LogP contribution in [0.2, 0.25) is 0 Å². The van der Waals surface area contributed by atoms with Crippen LogP contribution in [0.1, 0.15) is 24.8 Å². The number of carbonyl (C=O) groups is 4. The third kappa shape index (κ3) is 4.80. The van der Waals surface area contributed by atoms with Crippen molar-refractivity contribution in [3.8, 4) is 5.75 Å². The number of amides is 4. The normalized spacial score (nSPS) is 17.7. The highest BCUT2D eigenvalue weighted by atomic mass is 16.5. The van der Waals surface area contributed by atoms with Gasteiger partial charge in [0.2, 0.25) is 17.7 Å². The second-order valence-electron chi connectivity index (χ2n) is 7.79. The fraction of sp³-hybridized carbons (Fsp3) is 0.333. The third-order valence-corrected chi connectivity index (χ3v) is 5.63. The van der Waals surface area contributed by atoms with Crippen molar-refractivity contribution in [3.05, 3.63) is 60.2 Å². The van der Waals surface area contributed by atoms with E-state index in [1.165, 1.54) is 4.90 Å². The van der Waals surface area contributed by atoms with Gasteiger partial charge in [0.1, 0.15) is 5.75 Å². The molecule has 32 heavy (non-hydrogen) atoms. The average Bonchev–Trinajstić information content (AvgIpc) is 3.14. The van der Waals surface area contributed by atoms with Crippen LogP contribution < -0.4 is 15.0 Å². The zero-order chi connectivity index (χ0) is 22.5. The predicted molar refractivity (Wildman–Crippen MR) is 117 cm³/mol. The summed E-state index contributed by atoms with van der Waals surface area (Å²) in [5.41, 5.74) is 1.69.